The number of anilines is 1. The van der Waals surface area contributed by atoms with Gasteiger partial charge >= 0.3 is 5.97 Å². The Morgan fingerprint density at radius 3 is 2.68 bits per heavy atom. The second-order valence-corrected chi connectivity index (χ2v) is 5.59. The van der Waals surface area contributed by atoms with Gasteiger partial charge in [-0.05, 0) is 41.8 Å². The summed E-state index contributed by atoms with van der Waals surface area (Å²) in [6, 6.07) is 10.8. The van der Waals surface area contributed by atoms with E-state index in [1.807, 2.05) is 17.5 Å². The van der Waals surface area contributed by atoms with Crippen LogP contribution < -0.4 is 5.32 Å². The van der Waals surface area contributed by atoms with Crippen LogP contribution in [0.3, 0.4) is 0 Å². The summed E-state index contributed by atoms with van der Waals surface area (Å²) in [6.45, 7) is 1.44. The SMILES string of the molecule is CC(=O)Nc1ccc(C2=N/C(=C/c3cccs3)C(=O)O2)cc1. The lowest BCUT2D eigenvalue weighted by molar-refractivity contribution is -0.129. The van der Waals surface area contributed by atoms with Crippen molar-refractivity contribution in [1.82, 2.24) is 0 Å². The highest BCUT2D eigenvalue weighted by molar-refractivity contribution is 7.10. The number of cyclic esters (lactones) is 1. The number of carbonyl (C=O) groups excluding carboxylic acids is 2. The third-order valence-corrected chi connectivity index (χ3v) is 3.71. The molecule has 5 nitrogen and oxygen atoms in total. The molecule has 1 aromatic heterocycles. The summed E-state index contributed by atoms with van der Waals surface area (Å²) in [5, 5.41) is 4.60. The Hall–Kier alpha value is -2.73. The first-order chi connectivity index (χ1) is 10.6. The van der Waals surface area contributed by atoms with E-state index in [0.717, 1.165) is 4.88 Å². The molecule has 3 rings (SSSR count). The molecule has 1 amide bonds. The fraction of sp³-hybridized carbons (Fsp3) is 0.0625. The molecule has 0 unspecified atom stereocenters. The van der Waals surface area contributed by atoms with Crippen LogP contribution in [-0.4, -0.2) is 17.8 Å². The maximum atomic E-state index is 11.8. The quantitative estimate of drug-likeness (QED) is 0.699. The summed E-state index contributed by atoms with van der Waals surface area (Å²) >= 11 is 1.52. The van der Waals surface area contributed by atoms with Gasteiger partial charge in [0.25, 0.3) is 0 Å². The van der Waals surface area contributed by atoms with Crippen LogP contribution in [0.15, 0.2) is 52.5 Å². The Bertz CT molecular complexity index is 774. The van der Waals surface area contributed by atoms with Crippen molar-refractivity contribution in [3.8, 4) is 0 Å². The van der Waals surface area contributed by atoms with Crippen LogP contribution in [0.25, 0.3) is 6.08 Å². The number of ether oxygens (including phenoxy) is 1. The van der Waals surface area contributed by atoms with E-state index < -0.39 is 5.97 Å². The highest BCUT2D eigenvalue weighted by Crippen LogP contribution is 2.21. The van der Waals surface area contributed by atoms with Crippen molar-refractivity contribution in [3.63, 3.8) is 0 Å². The predicted molar refractivity (Wildman–Crippen MR) is 85.7 cm³/mol. The Kier molecular flexibility index (Phi) is 3.84. The minimum atomic E-state index is -0.464. The standard InChI is InChI=1S/C16H12N2O3S/c1-10(19)17-12-6-4-11(5-7-12)15-18-14(16(20)21-15)9-13-3-2-8-22-13/h2-9H,1H3,(H,17,19)/b14-9+. The number of hydrogen-bond donors (Lipinski definition) is 1. The van der Waals surface area contributed by atoms with Gasteiger partial charge in [-0.25, -0.2) is 9.79 Å². The number of esters is 1. The first-order valence-electron chi connectivity index (χ1n) is 6.56. The number of aliphatic imine (C=N–C) groups is 1. The molecule has 0 aliphatic carbocycles. The first-order valence-corrected chi connectivity index (χ1v) is 7.44. The number of carbonyl (C=O) groups is 2. The van der Waals surface area contributed by atoms with E-state index in [4.69, 9.17) is 4.74 Å². The Balaban J connectivity index is 1.83. The molecule has 2 aromatic rings. The molecule has 0 radical (unpaired) electrons. The molecule has 6 heteroatoms. The molecule has 0 atom stereocenters. The van der Waals surface area contributed by atoms with Crippen LogP contribution in [0.4, 0.5) is 5.69 Å². The van der Waals surface area contributed by atoms with Crippen molar-refractivity contribution < 1.29 is 14.3 Å². The largest absolute Gasteiger partial charge is 0.402 e. The van der Waals surface area contributed by atoms with Crippen LogP contribution in [0.2, 0.25) is 0 Å². The van der Waals surface area contributed by atoms with Gasteiger partial charge in [-0.15, -0.1) is 11.3 Å². The summed E-state index contributed by atoms with van der Waals surface area (Å²) in [5.74, 6) is -0.338. The van der Waals surface area contributed by atoms with E-state index in [9.17, 15) is 9.59 Å². The number of hydrogen-bond acceptors (Lipinski definition) is 5. The maximum Gasteiger partial charge on any atom is 0.363 e. The summed E-state index contributed by atoms with van der Waals surface area (Å²) in [4.78, 5) is 28.0. The van der Waals surface area contributed by atoms with E-state index in [0.29, 0.717) is 11.3 Å². The van der Waals surface area contributed by atoms with Gasteiger partial charge in [0.05, 0.1) is 0 Å². The van der Waals surface area contributed by atoms with Gasteiger partial charge in [0.2, 0.25) is 11.8 Å². The van der Waals surface area contributed by atoms with Crippen molar-refractivity contribution >= 4 is 40.9 Å². The summed E-state index contributed by atoms with van der Waals surface area (Å²) < 4.78 is 5.19. The molecular formula is C16H12N2O3S. The molecule has 1 aliphatic heterocycles. The maximum absolute atomic E-state index is 11.8. The predicted octanol–water partition coefficient (Wildman–Crippen LogP) is 3.05. The highest BCUT2D eigenvalue weighted by Gasteiger charge is 2.24. The van der Waals surface area contributed by atoms with Crippen LogP contribution >= 0.6 is 11.3 Å². The van der Waals surface area contributed by atoms with Crippen molar-refractivity contribution in [1.29, 1.82) is 0 Å². The molecule has 0 bridgehead atoms. The van der Waals surface area contributed by atoms with Gasteiger partial charge in [0.15, 0.2) is 5.70 Å². The molecule has 0 spiro atoms. The molecule has 22 heavy (non-hydrogen) atoms. The van der Waals surface area contributed by atoms with Gasteiger partial charge in [-0.3, -0.25) is 4.79 Å². The molecule has 1 aliphatic rings. The molecule has 0 saturated heterocycles. The molecule has 1 N–H and O–H groups in total. The average Bonchev–Trinajstić information content (AvgIpc) is 3.10. The topological polar surface area (TPSA) is 67.8 Å². The fourth-order valence-electron chi connectivity index (χ4n) is 1.94. The zero-order chi connectivity index (χ0) is 15.5. The highest BCUT2D eigenvalue weighted by atomic mass is 32.1. The minimum Gasteiger partial charge on any atom is -0.402 e. The molecule has 0 fully saturated rings. The van der Waals surface area contributed by atoms with Crippen LogP contribution in [0.1, 0.15) is 17.4 Å². The van der Waals surface area contributed by atoms with Gasteiger partial charge in [-0.1, -0.05) is 6.07 Å². The van der Waals surface area contributed by atoms with Crippen LogP contribution in [0.5, 0.6) is 0 Å². The van der Waals surface area contributed by atoms with Crippen molar-refractivity contribution in [2.75, 3.05) is 5.32 Å². The van der Waals surface area contributed by atoms with E-state index in [1.54, 1.807) is 30.3 Å². The molecule has 2 heterocycles. The third-order valence-electron chi connectivity index (χ3n) is 2.89. The van der Waals surface area contributed by atoms with E-state index in [-0.39, 0.29) is 17.5 Å². The molecule has 0 saturated carbocycles. The number of benzene rings is 1. The first kappa shape index (κ1) is 14.2. The van der Waals surface area contributed by atoms with E-state index >= 15 is 0 Å². The lowest BCUT2D eigenvalue weighted by Crippen LogP contribution is -2.07. The Labute approximate surface area is 131 Å². The lowest BCUT2D eigenvalue weighted by Gasteiger charge is -2.03. The van der Waals surface area contributed by atoms with Gasteiger partial charge in [-0.2, -0.15) is 0 Å². The fourth-order valence-corrected chi connectivity index (χ4v) is 2.59. The number of rotatable bonds is 3. The Morgan fingerprint density at radius 2 is 2.05 bits per heavy atom. The number of amides is 1. The summed E-state index contributed by atoms with van der Waals surface area (Å²) in [7, 11) is 0. The average molecular weight is 312 g/mol. The second kappa shape index (κ2) is 5.95. The number of nitrogens with zero attached hydrogens (tertiary/aromatic N) is 1. The molecule has 110 valence electrons. The second-order valence-electron chi connectivity index (χ2n) is 4.61. The minimum absolute atomic E-state index is 0.140. The smallest absolute Gasteiger partial charge is 0.363 e. The third kappa shape index (κ3) is 3.12. The van der Waals surface area contributed by atoms with Crippen LogP contribution in [-0.2, 0) is 14.3 Å². The Morgan fingerprint density at radius 1 is 1.27 bits per heavy atom. The van der Waals surface area contributed by atoms with Crippen molar-refractivity contribution in [2.24, 2.45) is 4.99 Å². The van der Waals surface area contributed by atoms with Gasteiger partial charge in [0, 0.05) is 23.1 Å². The monoisotopic (exact) mass is 312 g/mol. The van der Waals surface area contributed by atoms with Gasteiger partial charge < -0.3 is 10.1 Å². The zero-order valence-electron chi connectivity index (χ0n) is 11.7. The van der Waals surface area contributed by atoms with Crippen LogP contribution in [0, 0.1) is 0 Å². The summed E-state index contributed by atoms with van der Waals surface area (Å²) in [6.07, 6.45) is 1.70. The van der Waals surface area contributed by atoms with Crippen molar-refractivity contribution in [3.05, 3.63) is 57.9 Å². The van der Waals surface area contributed by atoms with Crippen molar-refractivity contribution in [2.45, 2.75) is 6.92 Å². The molecule has 1 aromatic carbocycles. The molecular weight excluding hydrogens is 300 g/mol. The normalized spacial score (nSPS) is 15.6. The van der Waals surface area contributed by atoms with E-state index in [1.165, 1.54) is 18.3 Å². The number of nitrogens with one attached hydrogen (secondary N) is 1. The number of thiophene rings is 1. The summed E-state index contributed by atoms with van der Waals surface area (Å²) in [5.41, 5.74) is 1.64. The van der Waals surface area contributed by atoms with Gasteiger partial charge in [0.1, 0.15) is 0 Å². The zero-order valence-corrected chi connectivity index (χ0v) is 12.5. The lowest BCUT2D eigenvalue weighted by atomic mass is 10.2. The van der Waals surface area contributed by atoms with E-state index in [2.05, 4.69) is 10.3 Å².